The standard InChI is InChI=1S/C17H14BrNO2/c1-11-9-13(7-8-14(11)18)19(2)17(20)16-10-12-5-3-4-6-15(12)21-16/h3-10H,1-2H3. The molecule has 3 aromatic rings. The summed E-state index contributed by atoms with van der Waals surface area (Å²) in [7, 11) is 1.75. The van der Waals surface area contributed by atoms with E-state index >= 15 is 0 Å². The van der Waals surface area contributed by atoms with E-state index in [-0.39, 0.29) is 5.91 Å². The number of halogens is 1. The van der Waals surface area contributed by atoms with E-state index in [4.69, 9.17) is 4.42 Å². The number of anilines is 1. The summed E-state index contributed by atoms with van der Waals surface area (Å²) in [5.41, 5.74) is 2.64. The van der Waals surface area contributed by atoms with Gasteiger partial charge in [0.05, 0.1) is 0 Å². The number of para-hydroxylation sites is 1. The van der Waals surface area contributed by atoms with Crippen LogP contribution in [-0.4, -0.2) is 13.0 Å². The van der Waals surface area contributed by atoms with E-state index in [0.29, 0.717) is 5.76 Å². The number of nitrogens with zero attached hydrogens (tertiary/aromatic N) is 1. The van der Waals surface area contributed by atoms with Gasteiger partial charge in [0.25, 0.3) is 5.91 Å². The lowest BCUT2D eigenvalue weighted by Gasteiger charge is -2.16. The Labute approximate surface area is 131 Å². The Kier molecular flexibility index (Phi) is 3.55. The second kappa shape index (κ2) is 5.37. The van der Waals surface area contributed by atoms with Gasteiger partial charge in [-0.3, -0.25) is 4.79 Å². The van der Waals surface area contributed by atoms with Crippen LogP contribution in [0.15, 0.2) is 57.4 Å². The first-order valence-corrected chi connectivity index (χ1v) is 7.38. The minimum absolute atomic E-state index is 0.159. The van der Waals surface area contributed by atoms with Gasteiger partial charge in [0.15, 0.2) is 5.76 Å². The van der Waals surface area contributed by atoms with Crippen LogP contribution in [0.4, 0.5) is 5.69 Å². The van der Waals surface area contributed by atoms with Crippen LogP contribution in [0.25, 0.3) is 11.0 Å². The lowest BCUT2D eigenvalue weighted by Crippen LogP contribution is -2.25. The van der Waals surface area contributed by atoms with Gasteiger partial charge < -0.3 is 9.32 Å². The Balaban J connectivity index is 1.94. The van der Waals surface area contributed by atoms with Crippen LogP contribution in [0, 0.1) is 6.92 Å². The van der Waals surface area contributed by atoms with Gasteiger partial charge in [0.2, 0.25) is 0 Å². The van der Waals surface area contributed by atoms with E-state index in [2.05, 4.69) is 15.9 Å². The van der Waals surface area contributed by atoms with Crippen molar-refractivity contribution >= 4 is 38.5 Å². The number of benzene rings is 2. The highest BCUT2D eigenvalue weighted by atomic mass is 79.9. The maximum absolute atomic E-state index is 12.5. The van der Waals surface area contributed by atoms with Crippen LogP contribution in [0.2, 0.25) is 0 Å². The average molecular weight is 344 g/mol. The van der Waals surface area contributed by atoms with Crippen molar-refractivity contribution in [3.05, 3.63) is 64.3 Å². The number of furan rings is 1. The average Bonchev–Trinajstić information content (AvgIpc) is 2.92. The van der Waals surface area contributed by atoms with Crippen molar-refractivity contribution in [2.24, 2.45) is 0 Å². The molecule has 4 heteroatoms. The van der Waals surface area contributed by atoms with E-state index in [1.54, 1.807) is 18.0 Å². The van der Waals surface area contributed by atoms with Crippen LogP contribution < -0.4 is 4.90 Å². The van der Waals surface area contributed by atoms with E-state index < -0.39 is 0 Å². The number of carbonyl (C=O) groups excluding carboxylic acids is 1. The summed E-state index contributed by atoms with van der Waals surface area (Å²) >= 11 is 3.46. The summed E-state index contributed by atoms with van der Waals surface area (Å²) in [5.74, 6) is 0.187. The molecule has 0 fully saturated rings. The summed E-state index contributed by atoms with van der Waals surface area (Å²) in [6, 6.07) is 15.2. The summed E-state index contributed by atoms with van der Waals surface area (Å²) in [5, 5.41) is 0.932. The van der Waals surface area contributed by atoms with Crippen molar-refractivity contribution in [3.63, 3.8) is 0 Å². The molecule has 0 radical (unpaired) electrons. The van der Waals surface area contributed by atoms with Crippen molar-refractivity contribution in [2.45, 2.75) is 6.92 Å². The molecule has 0 aliphatic rings. The molecule has 0 bridgehead atoms. The fourth-order valence-electron chi connectivity index (χ4n) is 2.21. The normalized spacial score (nSPS) is 10.8. The molecule has 0 aliphatic heterocycles. The topological polar surface area (TPSA) is 33.5 Å². The molecule has 21 heavy (non-hydrogen) atoms. The third kappa shape index (κ3) is 2.59. The zero-order valence-corrected chi connectivity index (χ0v) is 13.3. The second-order valence-corrected chi connectivity index (χ2v) is 5.80. The Morgan fingerprint density at radius 2 is 1.90 bits per heavy atom. The van der Waals surface area contributed by atoms with Gasteiger partial charge in [-0.25, -0.2) is 0 Å². The lowest BCUT2D eigenvalue weighted by molar-refractivity contribution is 0.0968. The van der Waals surface area contributed by atoms with E-state index in [9.17, 15) is 4.79 Å². The minimum atomic E-state index is -0.159. The molecule has 1 amide bonds. The second-order valence-electron chi connectivity index (χ2n) is 4.95. The van der Waals surface area contributed by atoms with Crippen LogP contribution in [0.1, 0.15) is 16.1 Å². The molecule has 3 nitrogen and oxygen atoms in total. The van der Waals surface area contributed by atoms with Gasteiger partial charge in [-0.05, 0) is 42.8 Å². The SMILES string of the molecule is Cc1cc(N(C)C(=O)c2cc3ccccc3o2)ccc1Br. The first-order valence-electron chi connectivity index (χ1n) is 6.59. The van der Waals surface area contributed by atoms with E-state index in [1.165, 1.54) is 0 Å². The van der Waals surface area contributed by atoms with Crippen LogP contribution in [0.3, 0.4) is 0 Å². The molecular formula is C17H14BrNO2. The van der Waals surface area contributed by atoms with Crippen LogP contribution in [0.5, 0.6) is 0 Å². The van der Waals surface area contributed by atoms with Crippen molar-refractivity contribution < 1.29 is 9.21 Å². The maximum Gasteiger partial charge on any atom is 0.293 e. The molecule has 3 rings (SSSR count). The molecule has 0 N–H and O–H groups in total. The number of aryl methyl sites for hydroxylation is 1. The Hall–Kier alpha value is -2.07. The van der Waals surface area contributed by atoms with Crippen molar-refractivity contribution in [3.8, 4) is 0 Å². The number of carbonyl (C=O) groups is 1. The highest BCUT2D eigenvalue weighted by Crippen LogP contribution is 2.25. The molecule has 0 saturated carbocycles. The number of hydrogen-bond donors (Lipinski definition) is 0. The van der Waals surface area contributed by atoms with E-state index in [1.807, 2.05) is 49.4 Å². The lowest BCUT2D eigenvalue weighted by atomic mass is 10.2. The van der Waals surface area contributed by atoms with Gasteiger partial charge >= 0.3 is 0 Å². The zero-order valence-electron chi connectivity index (χ0n) is 11.8. The van der Waals surface area contributed by atoms with E-state index in [0.717, 1.165) is 26.7 Å². The van der Waals surface area contributed by atoms with Gasteiger partial charge in [0.1, 0.15) is 5.58 Å². The van der Waals surface area contributed by atoms with Crippen molar-refractivity contribution in [1.29, 1.82) is 0 Å². The minimum Gasteiger partial charge on any atom is -0.451 e. The van der Waals surface area contributed by atoms with Gasteiger partial charge in [0, 0.05) is 22.6 Å². The summed E-state index contributed by atoms with van der Waals surface area (Å²) in [6.45, 7) is 1.99. The number of hydrogen-bond acceptors (Lipinski definition) is 2. The van der Waals surface area contributed by atoms with Crippen molar-refractivity contribution in [2.75, 3.05) is 11.9 Å². The zero-order chi connectivity index (χ0) is 15.0. The predicted molar refractivity (Wildman–Crippen MR) is 87.8 cm³/mol. The third-order valence-corrected chi connectivity index (χ3v) is 4.36. The molecule has 0 aliphatic carbocycles. The molecule has 2 aromatic carbocycles. The predicted octanol–water partition coefficient (Wildman–Crippen LogP) is 4.78. The number of rotatable bonds is 2. The first-order chi connectivity index (χ1) is 10.1. The fourth-order valence-corrected chi connectivity index (χ4v) is 2.45. The van der Waals surface area contributed by atoms with Gasteiger partial charge in [-0.15, -0.1) is 0 Å². The number of amides is 1. The molecule has 0 unspecified atom stereocenters. The number of fused-ring (bicyclic) bond motifs is 1. The summed E-state index contributed by atoms with van der Waals surface area (Å²) in [4.78, 5) is 14.1. The molecule has 1 heterocycles. The first kappa shape index (κ1) is 13.9. The highest BCUT2D eigenvalue weighted by molar-refractivity contribution is 9.10. The largest absolute Gasteiger partial charge is 0.451 e. The summed E-state index contributed by atoms with van der Waals surface area (Å²) in [6.07, 6.45) is 0. The van der Waals surface area contributed by atoms with Crippen LogP contribution in [-0.2, 0) is 0 Å². The Morgan fingerprint density at radius 3 is 2.62 bits per heavy atom. The smallest absolute Gasteiger partial charge is 0.293 e. The molecule has 0 spiro atoms. The van der Waals surface area contributed by atoms with Gasteiger partial charge in [-0.2, -0.15) is 0 Å². The van der Waals surface area contributed by atoms with Gasteiger partial charge in [-0.1, -0.05) is 34.1 Å². The molecule has 1 aromatic heterocycles. The fraction of sp³-hybridized carbons (Fsp3) is 0.118. The monoisotopic (exact) mass is 343 g/mol. The van der Waals surface area contributed by atoms with Crippen LogP contribution >= 0.6 is 15.9 Å². The summed E-state index contributed by atoms with van der Waals surface area (Å²) < 4.78 is 6.65. The highest BCUT2D eigenvalue weighted by Gasteiger charge is 2.18. The quantitative estimate of drug-likeness (QED) is 0.670. The molecule has 0 saturated heterocycles. The molecule has 106 valence electrons. The van der Waals surface area contributed by atoms with Crippen molar-refractivity contribution in [1.82, 2.24) is 0 Å². The third-order valence-electron chi connectivity index (χ3n) is 3.47. The Morgan fingerprint density at radius 1 is 1.14 bits per heavy atom. The molecular weight excluding hydrogens is 330 g/mol. The Bertz CT molecular complexity index is 790. The molecule has 0 atom stereocenters. The maximum atomic E-state index is 12.5.